The molecule has 2 fully saturated rings. The first kappa shape index (κ1) is 17.5. The van der Waals surface area contributed by atoms with Crippen molar-refractivity contribution in [3.05, 3.63) is 29.3 Å². The smallest absolute Gasteiger partial charge is 0.253 e. The van der Waals surface area contributed by atoms with E-state index in [1.165, 1.54) is 0 Å². The lowest BCUT2D eigenvalue weighted by atomic mass is 9.92. The lowest BCUT2D eigenvalue weighted by Crippen LogP contribution is -2.49. The molecule has 3 aliphatic heterocycles. The summed E-state index contributed by atoms with van der Waals surface area (Å²) in [5.74, 6) is 0.525. The van der Waals surface area contributed by atoms with E-state index in [1.54, 1.807) is 0 Å². The van der Waals surface area contributed by atoms with E-state index in [0.717, 1.165) is 43.9 Å². The first-order chi connectivity index (χ1) is 12.5. The van der Waals surface area contributed by atoms with E-state index < -0.39 is 0 Å². The summed E-state index contributed by atoms with van der Waals surface area (Å²) in [7, 11) is 0. The molecule has 2 amide bonds. The molecule has 26 heavy (non-hydrogen) atoms. The van der Waals surface area contributed by atoms with Gasteiger partial charge in [-0.15, -0.1) is 0 Å². The fraction of sp³-hybridized carbons (Fsp3) is 0.600. The van der Waals surface area contributed by atoms with Crippen molar-refractivity contribution in [2.45, 2.75) is 38.8 Å². The zero-order valence-corrected chi connectivity index (χ0v) is 15.5. The molecule has 4 rings (SSSR count). The quantitative estimate of drug-likeness (QED) is 0.876. The van der Waals surface area contributed by atoms with E-state index in [0.29, 0.717) is 30.5 Å². The van der Waals surface area contributed by atoms with E-state index in [1.807, 2.05) is 23.1 Å². The number of anilines is 1. The Morgan fingerprint density at radius 2 is 2.12 bits per heavy atom. The van der Waals surface area contributed by atoms with Gasteiger partial charge in [0.25, 0.3) is 5.91 Å². The monoisotopic (exact) mass is 357 g/mol. The van der Waals surface area contributed by atoms with Crippen LogP contribution in [0.1, 0.15) is 36.2 Å². The van der Waals surface area contributed by atoms with Gasteiger partial charge in [0.1, 0.15) is 0 Å². The maximum Gasteiger partial charge on any atom is 0.253 e. The number of piperidine rings is 1. The molecule has 0 saturated carbocycles. The normalized spacial score (nSPS) is 26.3. The number of rotatable bonds is 2. The van der Waals surface area contributed by atoms with Crippen LogP contribution in [0.3, 0.4) is 0 Å². The van der Waals surface area contributed by atoms with Crippen molar-refractivity contribution in [3.63, 3.8) is 0 Å². The number of carbonyl (C=O) groups is 2. The Morgan fingerprint density at radius 3 is 2.92 bits per heavy atom. The van der Waals surface area contributed by atoms with Gasteiger partial charge in [0, 0.05) is 49.4 Å². The number of amides is 2. The summed E-state index contributed by atoms with van der Waals surface area (Å²) in [6.07, 6.45) is 1.45. The third-order valence-corrected chi connectivity index (χ3v) is 5.87. The molecule has 3 heterocycles. The molecule has 0 aliphatic carbocycles. The largest absolute Gasteiger partial charge is 0.375 e. The molecule has 1 N–H and O–H groups in total. The predicted molar refractivity (Wildman–Crippen MR) is 99.2 cm³/mol. The molecule has 2 unspecified atom stereocenters. The molecule has 6 nitrogen and oxygen atoms in total. The van der Waals surface area contributed by atoms with Crippen molar-refractivity contribution < 1.29 is 14.3 Å². The molecule has 1 aromatic carbocycles. The highest BCUT2D eigenvalue weighted by molar-refractivity contribution is 6.01. The van der Waals surface area contributed by atoms with E-state index in [2.05, 4.69) is 24.1 Å². The number of ether oxygens (including phenoxy) is 1. The van der Waals surface area contributed by atoms with Crippen molar-refractivity contribution in [1.29, 1.82) is 0 Å². The minimum Gasteiger partial charge on any atom is -0.375 e. The maximum absolute atomic E-state index is 13.0. The van der Waals surface area contributed by atoms with E-state index >= 15 is 0 Å². The number of hydrogen-bond acceptors (Lipinski definition) is 4. The number of hydrogen-bond donors (Lipinski definition) is 1. The number of benzene rings is 1. The molecular formula is C20H27N3O3. The summed E-state index contributed by atoms with van der Waals surface area (Å²) >= 11 is 0. The van der Waals surface area contributed by atoms with Gasteiger partial charge in [-0.3, -0.25) is 14.5 Å². The Bertz CT molecular complexity index is 718. The van der Waals surface area contributed by atoms with Crippen molar-refractivity contribution >= 4 is 17.5 Å². The first-order valence-corrected chi connectivity index (χ1v) is 9.59. The maximum atomic E-state index is 13.0. The van der Waals surface area contributed by atoms with E-state index in [9.17, 15) is 9.59 Å². The van der Waals surface area contributed by atoms with Gasteiger partial charge in [0.05, 0.1) is 19.1 Å². The zero-order valence-electron chi connectivity index (χ0n) is 15.5. The summed E-state index contributed by atoms with van der Waals surface area (Å²) in [4.78, 5) is 28.9. The minimum atomic E-state index is -0.00743. The molecule has 0 bridgehead atoms. The van der Waals surface area contributed by atoms with Crippen LogP contribution in [0, 0.1) is 5.92 Å². The van der Waals surface area contributed by atoms with Gasteiger partial charge in [-0.25, -0.2) is 0 Å². The first-order valence-electron chi connectivity index (χ1n) is 9.59. The summed E-state index contributed by atoms with van der Waals surface area (Å²) in [6.45, 7) is 8.63. The molecule has 3 aliphatic rings. The molecule has 6 heteroatoms. The Labute approximate surface area is 154 Å². The predicted octanol–water partition coefficient (Wildman–Crippen LogP) is 1.75. The van der Waals surface area contributed by atoms with Crippen LogP contribution in [-0.4, -0.2) is 66.5 Å². The van der Waals surface area contributed by atoms with Crippen molar-refractivity contribution in [3.8, 4) is 0 Å². The van der Waals surface area contributed by atoms with Crippen molar-refractivity contribution in [1.82, 2.24) is 9.80 Å². The topological polar surface area (TPSA) is 61.9 Å². The van der Waals surface area contributed by atoms with Gasteiger partial charge in [-0.2, -0.15) is 0 Å². The summed E-state index contributed by atoms with van der Waals surface area (Å²) in [5, 5.41) is 2.81. The highest BCUT2D eigenvalue weighted by atomic mass is 16.5. The molecule has 0 spiro atoms. The fourth-order valence-electron chi connectivity index (χ4n) is 4.27. The van der Waals surface area contributed by atoms with Crippen LogP contribution in [0.15, 0.2) is 18.2 Å². The molecule has 2 atom stereocenters. The van der Waals surface area contributed by atoms with Gasteiger partial charge in [-0.1, -0.05) is 0 Å². The van der Waals surface area contributed by atoms with Crippen LogP contribution in [0.4, 0.5) is 5.69 Å². The Balaban J connectivity index is 1.44. The summed E-state index contributed by atoms with van der Waals surface area (Å²) in [6, 6.07) is 6.03. The standard InChI is InChI=1S/C20H27N3O3/c1-13(2)22-7-8-26-18-12-23(6-5-15(18)11-22)20(25)14-3-4-17-16(9-14)10-19(24)21-17/h3-4,9,13,15,18H,5-8,10-12H2,1-2H3,(H,21,24). The second-order valence-electron chi connectivity index (χ2n) is 7.89. The molecular weight excluding hydrogens is 330 g/mol. The summed E-state index contributed by atoms with van der Waals surface area (Å²) in [5.41, 5.74) is 2.40. The Morgan fingerprint density at radius 1 is 1.27 bits per heavy atom. The van der Waals surface area contributed by atoms with Crippen LogP contribution in [0.2, 0.25) is 0 Å². The lowest BCUT2D eigenvalue weighted by Gasteiger charge is -2.38. The highest BCUT2D eigenvalue weighted by Crippen LogP contribution is 2.28. The molecule has 2 saturated heterocycles. The second kappa shape index (κ2) is 7.00. The van der Waals surface area contributed by atoms with Crippen molar-refractivity contribution in [2.75, 3.05) is 38.1 Å². The number of carbonyl (C=O) groups excluding carboxylic acids is 2. The molecule has 0 radical (unpaired) electrons. The van der Waals surface area contributed by atoms with Crippen LogP contribution in [0.5, 0.6) is 0 Å². The number of nitrogens with one attached hydrogen (secondary N) is 1. The van der Waals surface area contributed by atoms with Gasteiger partial charge < -0.3 is 15.0 Å². The second-order valence-corrected chi connectivity index (χ2v) is 7.89. The number of likely N-dealkylation sites (tertiary alicyclic amines) is 1. The van der Waals surface area contributed by atoms with Gasteiger partial charge in [0.2, 0.25) is 5.91 Å². The Kier molecular flexibility index (Phi) is 4.71. The lowest BCUT2D eigenvalue weighted by molar-refractivity contribution is -0.115. The average molecular weight is 357 g/mol. The SMILES string of the molecule is CC(C)N1CCOC2CN(C(=O)c3ccc4c(c3)CC(=O)N4)CCC2C1. The van der Waals surface area contributed by atoms with Crippen molar-refractivity contribution in [2.24, 2.45) is 5.92 Å². The molecule has 140 valence electrons. The van der Waals surface area contributed by atoms with E-state index in [4.69, 9.17) is 4.74 Å². The van der Waals surface area contributed by atoms with Crippen LogP contribution in [0.25, 0.3) is 0 Å². The van der Waals surface area contributed by atoms with Gasteiger partial charge in [-0.05, 0) is 44.0 Å². The van der Waals surface area contributed by atoms with Gasteiger partial charge in [0.15, 0.2) is 0 Å². The number of nitrogens with zero attached hydrogens (tertiary/aromatic N) is 2. The third-order valence-electron chi connectivity index (χ3n) is 5.87. The zero-order chi connectivity index (χ0) is 18.3. The minimum absolute atomic E-state index is 0.00743. The van der Waals surface area contributed by atoms with Crippen LogP contribution >= 0.6 is 0 Å². The Hall–Kier alpha value is -1.92. The molecule has 0 aromatic heterocycles. The van der Waals surface area contributed by atoms with Crippen LogP contribution < -0.4 is 5.32 Å². The third kappa shape index (κ3) is 3.35. The average Bonchev–Trinajstić information content (AvgIpc) is 2.86. The number of fused-ring (bicyclic) bond motifs is 2. The fourth-order valence-corrected chi connectivity index (χ4v) is 4.27. The summed E-state index contributed by atoms with van der Waals surface area (Å²) < 4.78 is 6.10. The van der Waals surface area contributed by atoms with Crippen LogP contribution in [-0.2, 0) is 16.0 Å². The van der Waals surface area contributed by atoms with Gasteiger partial charge >= 0.3 is 0 Å². The molecule has 1 aromatic rings. The highest BCUT2D eigenvalue weighted by Gasteiger charge is 2.36. The van der Waals surface area contributed by atoms with E-state index in [-0.39, 0.29) is 17.9 Å².